The predicted octanol–water partition coefficient (Wildman–Crippen LogP) is 0.685. The Balaban J connectivity index is 0.00000180. The molecule has 1 fully saturated rings. The van der Waals surface area contributed by atoms with Crippen LogP contribution in [0.25, 0.3) is 0 Å². The van der Waals surface area contributed by atoms with Crippen molar-refractivity contribution in [3.63, 3.8) is 0 Å². The van der Waals surface area contributed by atoms with Crippen molar-refractivity contribution in [1.29, 1.82) is 0 Å². The second-order valence-electron chi connectivity index (χ2n) is 4.60. The van der Waals surface area contributed by atoms with Gasteiger partial charge in [0.2, 0.25) is 0 Å². The highest BCUT2D eigenvalue weighted by atomic mass is 35.5. The molecule has 1 saturated heterocycles. The zero-order valence-electron chi connectivity index (χ0n) is 10.6. The summed E-state index contributed by atoms with van der Waals surface area (Å²) < 4.78 is 22.6. The van der Waals surface area contributed by atoms with Crippen molar-refractivity contribution in [3.8, 4) is 0 Å². The zero-order valence-corrected chi connectivity index (χ0v) is 12.2. The van der Waals surface area contributed by atoms with Crippen LogP contribution in [-0.2, 0) is 9.84 Å². The van der Waals surface area contributed by atoms with Crippen LogP contribution in [0.15, 0.2) is 29.2 Å². The molecule has 1 heterocycles. The number of likely N-dealkylation sites (tertiary alicyclic amines) is 1. The highest BCUT2D eigenvalue weighted by Crippen LogP contribution is 2.15. The molecule has 2 rings (SSSR count). The summed E-state index contributed by atoms with van der Waals surface area (Å²) in [6, 6.07) is 6.05. The number of benzene rings is 1. The standard InChI is InChI=1S/C12H16N2O3S.ClH/c1-18(16,17)11-4-2-9(3-5-11)12(15)14-7-6-10(13)8-14;/h2-5,10H,6-8,13H2,1H3;1H/t10-;/m0./s1. The number of halogens is 1. The lowest BCUT2D eigenvalue weighted by molar-refractivity contribution is 0.0791. The summed E-state index contributed by atoms with van der Waals surface area (Å²) in [6.07, 6.45) is 1.95. The lowest BCUT2D eigenvalue weighted by atomic mass is 10.2. The molecule has 0 unspecified atom stereocenters. The third-order valence-corrected chi connectivity index (χ3v) is 4.17. The van der Waals surface area contributed by atoms with E-state index < -0.39 is 9.84 Å². The Bertz CT molecular complexity index is 557. The van der Waals surface area contributed by atoms with E-state index in [0.29, 0.717) is 18.7 Å². The maximum Gasteiger partial charge on any atom is 0.253 e. The average molecular weight is 305 g/mol. The van der Waals surface area contributed by atoms with Gasteiger partial charge in [-0.25, -0.2) is 8.42 Å². The Hall–Kier alpha value is -1.11. The zero-order chi connectivity index (χ0) is 13.3. The van der Waals surface area contributed by atoms with Gasteiger partial charge in [-0.05, 0) is 30.7 Å². The van der Waals surface area contributed by atoms with Crippen LogP contribution in [-0.4, -0.2) is 44.6 Å². The largest absolute Gasteiger partial charge is 0.337 e. The molecule has 1 atom stereocenters. The number of sulfone groups is 1. The van der Waals surface area contributed by atoms with Crippen LogP contribution in [0.3, 0.4) is 0 Å². The van der Waals surface area contributed by atoms with E-state index in [4.69, 9.17) is 5.73 Å². The van der Waals surface area contributed by atoms with Gasteiger partial charge in [0.05, 0.1) is 4.90 Å². The van der Waals surface area contributed by atoms with Crippen molar-refractivity contribution in [3.05, 3.63) is 29.8 Å². The monoisotopic (exact) mass is 304 g/mol. The Morgan fingerprint density at radius 2 is 1.89 bits per heavy atom. The van der Waals surface area contributed by atoms with Crippen LogP contribution in [0.1, 0.15) is 16.8 Å². The van der Waals surface area contributed by atoms with Crippen molar-refractivity contribution in [2.45, 2.75) is 17.4 Å². The fraction of sp³-hybridized carbons (Fsp3) is 0.417. The predicted molar refractivity (Wildman–Crippen MR) is 75.3 cm³/mol. The number of nitrogens with zero attached hydrogens (tertiary/aromatic N) is 1. The molecule has 19 heavy (non-hydrogen) atoms. The summed E-state index contributed by atoms with van der Waals surface area (Å²) in [5.41, 5.74) is 6.25. The molecule has 1 amide bonds. The van der Waals surface area contributed by atoms with Crippen LogP contribution in [0.4, 0.5) is 0 Å². The van der Waals surface area contributed by atoms with E-state index in [1.54, 1.807) is 17.0 Å². The number of rotatable bonds is 2. The lowest BCUT2D eigenvalue weighted by Gasteiger charge is -2.15. The second kappa shape index (κ2) is 5.90. The van der Waals surface area contributed by atoms with Crippen molar-refractivity contribution >= 4 is 28.2 Å². The molecule has 7 heteroatoms. The van der Waals surface area contributed by atoms with E-state index in [1.165, 1.54) is 12.1 Å². The molecular weight excluding hydrogens is 288 g/mol. The third kappa shape index (κ3) is 3.68. The van der Waals surface area contributed by atoms with Crippen LogP contribution < -0.4 is 5.73 Å². The quantitative estimate of drug-likeness (QED) is 0.871. The van der Waals surface area contributed by atoms with Crippen LogP contribution in [0, 0.1) is 0 Å². The number of amides is 1. The van der Waals surface area contributed by atoms with E-state index in [-0.39, 0.29) is 29.3 Å². The summed E-state index contributed by atoms with van der Waals surface area (Å²) in [6.45, 7) is 1.22. The van der Waals surface area contributed by atoms with E-state index >= 15 is 0 Å². The molecule has 1 aliphatic heterocycles. The first-order valence-electron chi connectivity index (χ1n) is 5.73. The van der Waals surface area contributed by atoms with Crippen molar-refractivity contribution < 1.29 is 13.2 Å². The normalized spacial score (nSPS) is 19.1. The highest BCUT2D eigenvalue weighted by Gasteiger charge is 2.24. The molecule has 1 aromatic carbocycles. The number of hydrogen-bond acceptors (Lipinski definition) is 4. The minimum atomic E-state index is -3.22. The first kappa shape index (κ1) is 15.9. The molecule has 0 aromatic heterocycles. The maximum absolute atomic E-state index is 12.1. The molecule has 0 bridgehead atoms. The minimum absolute atomic E-state index is 0. The molecule has 0 spiro atoms. The van der Waals surface area contributed by atoms with Gasteiger partial charge in [-0.3, -0.25) is 4.79 Å². The van der Waals surface area contributed by atoms with Gasteiger partial charge in [0.1, 0.15) is 0 Å². The Morgan fingerprint density at radius 3 is 2.32 bits per heavy atom. The van der Waals surface area contributed by atoms with Crippen LogP contribution >= 0.6 is 12.4 Å². The molecule has 2 N–H and O–H groups in total. The average Bonchev–Trinajstić information content (AvgIpc) is 2.74. The molecule has 0 radical (unpaired) electrons. The van der Waals surface area contributed by atoms with Crippen LogP contribution in [0.2, 0.25) is 0 Å². The molecule has 1 aliphatic rings. The van der Waals surface area contributed by atoms with Gasteiger partial charge in [-0.1, -0.05) is 0 Å². The summed E-state index contributed by atoms with van der Waals surface area (Å²) in [5.74, 6) is -0.0944. The lowest BCUT2D eigenvalue weighted by Crippen LogP contribution is -2.31. The molecular formula is C12H17ClN2O3S. The third-order valence-electron chi connectivity index (χ3n) is 3.04. The van der Waals surface area contributed by atoms with Crippen molar-refractivity contribution in [1.82, 2.24) is 4.90 Å². The summed E-state index contributed by atoms with van der Waals surface area (Å²) >= 11 is 0. The van der Waals surface area contributed by atoms with Crippen molar-refractivity contribution in [2.75, 3.05) is 19.3 Å². The van der Waals surface area contributed by atoms with Gasteiger partial charge in [0.25, 0.3) is 5.91 Å². The van der Waals surface area contributed by atoms with Gasteiger partial charge in [-0.15, -0.1) is 12.4 Å². The minimum Gasteiger partial charge on any atom is -0.337 e. The first-order chi connectivity index (χ1) is 8.38. The van der Waals surface area contributed by atoms with E-state index in [1.807, 2.05) is 0 Å². The Labute approximate surface area is 119 Å². The smallest absolute Gasteiger partial charge is 0.253 e. The summed E-state index contributed by atoms with van der Waals surface area (Å²) in [7, 11) is -3.22. The number of carbonyl (C=O) groups excluding carboxylic acids is 1. The molecule has 106 valence electrons. The van der Waals surface area contributed by atoms with Gasteiger partial charge in [0, 0.05) is 31.0 Å². The Morgan fingerprint density at radius 1 is 1.32 bits per heavy atom. The number of nitrogens with two attached hydrogens (primary N) is 1. The van der Waals surface area contributed by atoms with Crippen molar-refractivity contribution in [2.24, 2.45) is 5.73 Å². The van der Waals surface area contributed by atoms with Gasteiger partial charge >= 0.3 is 0 Å². The van der Waals surface area contributed by atoms with E-state index in [0.717, 1.165) is 12.7 Å². The first-order valence-corrected chi connectivity index (χ1v) is 7.62. The molecule has 0 saturated carbocycles. The fourth-order valence-electron chi connectivity index (χ4n) is 2.00. The van der Waals surface area contributed by atoms with E-state index in [2.05, 4.69) is 0 Å². The fourth-order valence-corrected chi connectivity index (χ4v) is 2.63. The van der Waals surface area contributed by atoms with E-state index in [9.17, 15) is 13.2 Å². The second-order valence-corrected chi connectivity index (χ2v) is 6.61. The molecule has 0 aliphatic carbocycles. The number of hydrogen-bond donors (Lipinski definition) is 1. The SMILES string of the molecule is CS(=O)(=O)c1ccc(C(=O)N2CC[C@H](N)C2)cc1.Cl. The highest BCUT2D eigenvalue weighted by molar-refractivity contribution is 7.90. The maximum atomic E-state index is 12.1. The Kier molecular flexibility index (Phi) is 4.95. The van der Waals surface area contributed by atoms with Gasteiger partial charge < -0.3 is 10.6 Å². The molecule has 5 nitrogen and oxygen atoms in total. The topological polar surface area (TPSA) is 80.5 Å². The van der Waals surface area contributed by atoms with Gasteiger partial charge in [-0.2, -0.15) is 0 Å². The van der Waals surface area contributed by atoms with Crippen LogP contribution in [0.5, 0.6) is 0 Å². The summed E-state index contributed by atoms with van der Waals surface area (Å²) in [4.78, 5) is 14.0. The molecule has 1 aromatic rings. The number of carbonyl (C=O) groups is 1. The van der Waals surface area contributed by atoms with Gasteiger partial charge in [0.15, 0.2) is 9.84 Å². The summed E-state index contributed by atoms with van der Waals surface area (Å²) in [5, 5.41) is 0.